The summed E-state index contributed by atoms with van der Waals surface area (Å²) in [5.41, 5.74) is 1.99. The van der Waals surface area contributed by atoms with Crippen LogP contribution >= 0.6 is 0 Å². The van der Waals surface area contributed by atoms with Gasteiger partial charge in [-0.2, -0.15) is 0 Å². The lowest BCUT2D eigenvalue weighted by molar-refractivity contribution is -0.112. The molecule has 4 aromatic rings. The average Bonchev–Trinajstić information content (AvgIpc) is 3.45. The first-order chi connectivity index (χ1) is 17.2. The third kappa shape index (κ3) is 4.65. The maximum Gasteiger partial charge on any atom is 0.269 e. The first-order valence-electron chi connectivity index (χ1n) is 12.4. The van der Waals surface area contributed by atoms with Crippen molar-refractivity contribution in [3.63, 3.8) is 0 Å². The van der Waals surface area contributed by atoms with Crippen molar-refractivity contribution in [1.29, 1.82) is 0 Å². The van der Waals surface area contributed by atoms with Gasteiger partial charge in [0, 0.05) is 23.5 Å². The van der Waals surface area contributed by atoms with Crippen molar-refractivity contribution in [2.75, 3.05) is 0 Å². The molecule has 0 aliphatic heterocycles. The van der Waals surface area contributed by atoms with Gasteiger partial charge in [-0.3, -0.25) is 0 Å². The molecule has 1 aliphatic carbocycles. The molecule has 3 aromatic heterocycles. The number of aromatic nitrogens is 4. The minimum absolute atomic E-state index is 0.0998. The fourth-order valence-corrected chi connectivity index (χ4v) is 7.25. The summed E-state index contributed by atoms with van der Waals surface area (Å²) in [6, 6.07) is 10.4. The number of pyridine rings is 1. The molecule has 0 atom stereocenters. The van der Waals surface area contributed by atoms with Crippen LogP contribution in [0.15, 0.2) is 53.7 Å². The Labute approximate surface area is 213 Å². The quantitative estimate of drug-likeness (QED) is 0.263. The molecule has 0 N–H and O–H groups in total. The van der Waals surface area contributed by atoms with Gasteiger partial charge in [0.05, 0.1) is 23.2 Å². The first kappa shape index (κ1) is 24.9. The molecular weight excluding hydrogens is 492 g/mol. The van der Waals surface area contributed by atoms with E-state index in [4.69, 9.17) is 9.41 Å². The van der Waals surface area contributed by atoms with Crippen molar-refractivity contribution >= 4 is 48.1 Å². The van der Waals surface area contributed by atoms with Gasteiger partial charge in [0.2, 0.25) is 0 Å². The number of fused-ring (bicyclic) bond motifs is 3. The summed E-state index contributed by atoms with van der Waals surface area (Å²) >= 11 is 0. The largest absolute Gasteiger partial charge is 0.416 e. The van der Waals surface area contributed by atoms with Gasteiger partial charge in [-0.15, -0.1) is 0 Å². The molecule has 0 saturated heterocycles. The Bertz CT molecular complexity index is 1500. The lowest BCUT2D eigenvalue weighted by atomic mass is 9.86. The van der Waals surface area contributed by atoms with Crippen LogP contribution in [-0.2, 0) is 25.9 Å². The number of imidazole rings is 1. The molecule has 5 rings (SSSR count). The van der Waals surface area contributed by atoms with E-state index < -0.39 is 19.8 Å². The SMILES string of the molecule is CC(C)(C)[SiH2]OCc1nc2cnc3c(ccn3S(=O)(=O)c3ccccc3)c2n1[C@H]1CC[C@H](C=O)CC1. The van der Waals surface area contributed by atoms with Crippen LogP contribution in [0.2, 0.25) is 5.04 Å². The molecule has 1 aliphatic rings. The van der Waals surface area contributed by atoms with Crippen molar-refractivity contribution in [3.8, 4) is 0 Å². The summed E-state index contributed by atoms with van der Waals surface area (Å²) in [7, 11) is -4.57. The molecule has 8 nitrogen and oxygen atoms in total. The molecule has 0 amide bonds. The number of benzene rings is 1. The smallest absolute Gasteiger partial charge is 0.269 e. The lowest BCUT2D eigenvalue weighted by Gasteiger charge is -2.28. The van der Waals surface area contributed by atoms with Crippen molar-refractivity contribution < 1.29 is 17.6 Å². The van der Waals surface area contributed by atoms with E-state index >= 15 is 0 Å². The van der Waals surface area contributed by atoms with Crippen LogP contribution in [0.25, 0.3) is 22.1 Å². The highest BCUT2D eigenvalue weighted by atomic mass is 32.2. The Kier molecular flexibility index (Phi) is 6.60. The number of rotatable bonds is 7. The van der Waals surface area contributed by atoms with E-state index in [9.17, 15) is 13.2 Å². The second kappa shape index (κ2) is 9.57. The van der Waals surface area contributed by atoms with Crippen LogP contribution in [0.3, 0.4) is 0 Å². The highest BCUT2D eigenvalue weighted by Crippen LogP contribution is 2.37. The summed E-state index contributed by atoms with van der Waals surface area (Å²) in [5, 5.41) is 0.910. The molecule has 190 valence electrons. The van der Waals surface area contributed by atoms with Gasteiger partial charge < -0.3 is 13.8 Å². The Hall–Kier alpha value is -2.82. The van der Waals surface area contributed by atoms with Crippen LogP contribution in [0, 0.1) is 5.92 Å². The van der Waals surface area contributed by atoms with Gasteiger partial charge in [0.1, 0.15) is 17.6 Å². The molecule has 1 saturated carbocycles. The summed E-state index contributed by atoms with van der Waals surface area (Å²) in [6.45, 7) is 6.97. The Morgan fingerprint density at radius 3 is 2.50 bits per heavy atom. The Balaban J connectivity index is 1.63. The minimum atomic E-state index is -3.80. The normalized spacial score (nSPS) is 19.5. The van der Waals surface area contributed by atoms with E-state index in [1.807, 2.05) is 6.07 Å². The molecule has 1 fully saturated rings. The summed E-state index contributed by atoms with van der Waals surface area (Å²) in [5.74, 6) is 0.937. The first-order valence-corrected chi connectivity index (χ1v) is 15.1. The van der Waals surface area contributed by atoms with Crippen LogP contribution in [0.4, 0.5) is 0 Å². The number of carbonyl (C=O) groups excluding carboxylic acids is 1. The van der Waals surface area contributed by atoms with Crippen molar-refractivity contribution in [1.82, 2.24) is 18.5 Å². The van der Waals surface area contributed by atoms with Gasteiger partial charge in [0.15, 0.2) is 15.4 Å². The third-order valence-electron chi connectivity index (χ3n) is 6.77. The summed E-state index contributed by atoms with van der Waals surface area (Å²) in [6.07, 6.45) is 7.70. The molecule has 3 heterocycles. The molecule has 0 radical (unpaired) electrons. The summed E-state index contributed by atoms with van der Waals surface area (Å²) in [4.78, 5) is 21.0. The van der Waals surface area contributed by atoms with E-state index in [1.165, 1.54) is 3.97 Å². The number of carbonyl (C=O) groups is 1. The monoisotopic (exact) mass is 524 g/mol. The zero-order valence-electron chi connectivity index (χ0n) is 20.9. The molecule has 1 aromatic carbocycles. The van der Waals surface area contributed by atoms with Crippen LogP contribution in [-0.4, -0.2) is 43.0 Å². The van der Waals surface area contributed by atoms with Gasteiger partial charge in [-0.05, 0) is 48.9 Å². The highest BCUT2D eigenvalue weighted by molar-refractivity contribution is 7.90. The summed E-state index contributed by atoms with van der Waals surface area (Å²) < 4.78 is 36.5. The van der Waals surface area contributed by atoms with Crippen LogP contribution in [0.5, 0.6) is 0 Å². The number of hydrogen-bond acceptors (Lipinski definition) is 6. The standard InChI is InChI=1S/C26H32N4O4SSi/c1-26(2,3)36-34-17-23-28-22-15-27-25-21(24(22)30(23)19-11-9-18(16-31)10-12-19)13-14-29(25)35(32,33)20-7-5-4-6-8-20/h4-8,13-16,18-19H,9-12,17,36H2,1-3H3/t18-,19-. The zero-order valence-corrected chi connectivity index (χ0v) is 23.2. The fourth-order valence-electron chi connectivity index (χ4n) is 5.04. The van der Waals surface area contributed by atoms with Crippen LogP contribution in [0.1, 0.15) is 58.3 Å². The second-order valence-electron chi connectivity index (χ2n) is 10.8. The molecular formula is C26H32N4O4SSi. The molecule has 0 bridgehead atoms. The van der Waals surface area contributed by atoms with E-state index in [1.54, 1.807) is 42.7 Å². The number of nitrogens with zero attached hydrogens (tertiary/aromatic N) is 4. The van der Waals surface area contributed by atoms with E-state index in [2.05, 4.69) is 30.3 Å². The van der Waals surface area contributed by atoms with Gasteiger partial charge >= 0.3 is 0 Å². The predicted molar refractivity (Wildman–Crippen MR) is 142 cm³/mol. The maximum absolute atomic E-state index is 13.4. The Morgan fingerprint density at radius 2 is 1.83 bits per heavy atom. The molecule has 10 heteroatoms. The number of hydrogen-bond donors (Lipinski definition) is 0. The molecule has 0 unspecified atom stereocenters. The van der Waals surface area contributed by atoms with Gasteiger partial charge in [0.25, 0.3) is 10.0 Å². The van der Waals surface area contributed by atoms with E-state index in [0.717, 1.165) is 54.2 Å². The third-order valence-corrected chi connectivity index (χ3v) is 9.72. The van der Waals surface area contributed by atoms with E-state index in [-0.39, 0.29) is 21.9 Å². The minimum Gasteiger partial charge on any atom is -0.416 e. The molecule has 36 heavy (non-hydrogen) atoms. The fraction of sp³-hybridized carbons (Fsp3) is 0.423. The van der Waals surface area contributed by atoms with Gasteiger partial charge in [-0.1, -0.05) is 39.0 Å². The average molecular weight is 525 g/mol. The number of aldehydes is 1. The van der Waals surface area contributed by atoms with Crippen molar-refractivity contribution in [2.45, 2.75) is 69.0 Å². The van der Waals surface area contributed by atoms with Crippen molar-refractivity contribution in [3.05, 3.63) is 54.6 Å². The topological polar surface area (TPSA) is 96.1 Å². The lowest BCUT2D eigenvalue weighted by Crippen LogP contribution is -2.21. The van der Waals surface area contributed by atoms with Gasteiger partial charge in [-0.25, -0.2) is 22.4 Å². The highest BCUT2D eigenvalue weighted by Gasteiger charge is 2.28. The maximum atomic E-state index is 13.4. The van der Waals surface area contributed by atoms with E-state index in [0.29, 0.717) is 12.3 Å². The second-order valence-corrected chi connectivity index (χ2v) is 15.4. The zero-order chi connectivity index (χ0) is 25.5. The Morgan fingerprint density at radius 1 is 1.11 bits per heavy atom. The molecule has 0 spiro atoms. The predicted octanol–water partition coefficient (Wildman–Crippen LogP) is 4.37. The van der Waals surface area contributed by atoms with Crippen molar-refractivity contribution in [2.24, 2.45) is 5.92 Å². The van der Waals surface area contributed by atoms with Crippen LogP contribution < -0.4 is 0 Å².